The smallest absolute Gasteiger partial charge is 0.273 e. The Morgan fingerprint density at radius 2 is 1.95 bits per heavy atom. The second kappa shape index (κ2) is 6.05. The Labute approximate surface area is 130 Å². The van der Waals surface area contributed by atoms with Gasteiger partial charge in [-0.05, 0) is 43.7 Å². The number of rotatable bonds is 3. The van der Waals surface area contributed by atoms with Gasteiger partial charge in [0.25, 0.3) is 11.6 Å². The molecule has 0 heterocycles. The maximum Gasteiger partial charge on any atom is 0.273 e. The molecule has 0 fully saturated rings. The van der Waals surface area contributed by atoms with Gasteiger partial charge in [0.1, 0.15) is 0 Å². The number of amides is 1. The van der Waals surface area contributed by atoms with Crippen LogP contribution in [0.25, 0.3) is 0 Å². The van der Waals surface area contributed by atoms with Gasteiger partial charge in [-0.1, -0.05) is 22.0 Å². The zero-order valence-corrected chi connectivity index (χ0v) is 13.1. The molecule has 0 atom stereocenters. The largest absolute Gasteiger partial charge is 0.322 e. The standard InChI is InChI=1S/C15H13BrN2O3/c1-9-8-11(6-7-13(9)16)17-15(19)12-4-3-5-14(10(12)2)18(20)21/h3-8H,1-2H3,(H,17,19). The van der Waals surface area contributed by atoms with E-state index in [9.17, 15) is 14.9 Å². The van der Waals surface area contributed by atoms with Crippen LogP contribution < -0.4 is 5.32 Å². The Kier molecular flexibility index (Phi) is 4.37. The first-order valence-corrected chi connectivity index (χ1v) is 7.01. The molecule has 0 aliphatic heterocycles. The van der Waals surface area contributed by atoms with E-state index < -0.39 is 4.92 Å². The molecule has 6 heteroatoms. The molecule has 0 saturated heterocycles. The van der Waals surface area contributed by atoms with Crippen LogP contribution in [0.3, 0.4) is 0 Å². The van der Waals surface area contributed by atoms with Crippen molar-refractivity contribution in [2.75, 3.05) is 5.32 Å². The second-order valence-corrected chi connectivity index (χ2v) is 5.48. The monoisotopic (exact) mass is 348 g/mol. The molecular formula is C15H13BrN2O3. The van der Waals surface area contributed by atoms with E-state index in [1.807, 2.05) is 19.1 Å². The minimum atomic E-state index is -0.490. The highest BCUT2D eigenvalue weighted by Crippen LogP contribution is 2.23. The summed E-state index contributed by atoms with van der Waals surface area (Å²) in [6.07, 6.45) is 0. The van der Waals surface area contributed by atoms with Crippen molar-refractivity contribution in [1.82, 2.24) is 0 Å². The first-order chi connectivity index (χ1) is 9.90. The van der Waals surface area contributed by atoms with Crippen molar-refractivity contribution in [2.24, 2.45) is 0 Å². The molecule has 5 nitrogen and oxygen atoms in total. The Morgan fingerprint density at radius 3 is 2.57 bits per heavy atom. The predicted octanol–water partition coefficient (Wildman–Crippen LogP) is 4.23. The van der Waals surface area contributed by atoms with E-state index in [0.717, 1.165) is 10.0 Å². The van der Waals surface area contributed by atoms with Gasteiger partial charge in [-0.3, -0.25) is 14.9 Å². The normalized spacial score (nSPS) is 10.2. The van der Waals surface area contributed by atoms with Crippen LogP contribution in [0, 0.1) is 24.0 Å². The molecular weight excluding hydrogens is 336 g/mol. The number of carbonyl (C=O) groups excluding carboxylic acids is 1. The highest BCUT2D eigenvalue weighted by atomic mass is 79.9. The van der Waals surface area contributed by atoms with E-state index in [0.29, 0.717) is 16.8 Å². The summed E-state index contributed by atoms with van der Waals surface area (Å²) in [5.74, 6) is -0.363. The predicted molar refractivity (Wildman–Crippen MR) is 84.7 cm³/mol. The summed E-state index contributed by atoms with van der Waals surface area (Å²) >= 11 is 3.39. The third-order valence-electron chi connectivity index (χ3n) is 3.16. The van der Waals surface area contributed by atoms with Gasteiger partial charge in [0, 0.05) is 27.4 Å². The molecule has 0 bridgehead atoms. The molecule has 1 N–H and O–H groups in total. The van der Waals surface area contributed by atoms with Crippen molar-refractivity contribution in [1.29, 1.82) is 0 Å². The Hall–Kier alpha value is -2.21. The topological polar surface area (TPSA) is 72.2 Å². The molecule has 0 aliphatic carbocycles. The molecule has 2 aromatic carbocycles. The van der Waals surface area contributed by atoms with Crippen molar-refractivity contribution in [3.63, 3.8) is 0 Å². The van der Waals surface area contributed by atoms with Gasteiger partial charge in [-0.15, -0.1) is 0 Å². The van der Waals surface area contributed by atoms with Gasteiger partial charge in [0.15, 0.2) is 0 Å². The number of aryl methyl sites for hydroxylation is 1. The molecule has 2 aromatic rings. The number of nitro benzene ring substituents is 1. The van der Waals surface area contributed by atoms with E-state index in [2.05, 4.69) is 21.2 Å². The molecule has 0 spiro atoms. The van der Waals surface area contributed by atoms with Crippen LogP contribution in [0.5, 0.6) is 0 Å². The van der Waals surface area contributed by atoms with E-state index in [4.69, 9.17) is 0 Å². The maximum atomic E-state index is 12.3. The summed E-state index contributed by atoms with van der Waals surface area (Å²) < 4.78 is 0.951. The number of nitro groups is 1. The summed E-state index contributed by atoms with van der Waals surface area (Å²) in [5.41, 5.74) is 2.23. The highest BCUT2D eigenvalue weighted by Gasteiger charge is 2.18. The van der Waals surface area contributed by atoms with Crippen LogP contribution in [0.15, 0.2) is 40.9 Å². The first kappa shape index (κ1) is 15.2. The number of nitrogens with one attached hydrogen (secondary N) is 1. The summed E-state index contributed by atoms with van der Waals surface area (Å²) in [5, 5.41) is 13.7. The molecule has 108 valence electrons. The van der Waals surface area contributed by atoms with Gasteiger partial charge >= 0.3 is 0 Å². The van der Waals surface area contributed by atoms with Crippen molar-refractivity contribution >= 4 is 33.2 Å². The summed E-state index contributed by atoms with van der Waals surface area (Å²) in [7, 11) is 0. The number of hydrogen-bond donors (Lipinski definition) is 1. The minimum Gasteiger partial charge on any atom is -0.322 e. The fourth-order valence-corrected chi connectivity index (χ4v) is 2.23. The number of anilines is 1. The van der Waals surface area contributed by atoms with Crippen LogP contribution in [0.1, 0.15) is 21.5 Å². The van der Waals surface area contributed by atoms with E-state index in [1.54, 1.807) is 19.1 Å². The molecule has 0 aliphatic rings. The lowest BCUT2D eigenvalue weighted by atomic mass is 10.1. The summed E-state index contributed by atoms with van der Waals surface area (Å²) in [4.78, 5) is 22.7. The fraction of sp³-hybridized carbons (Fsp3) is 0.133. The van der Waals surface area contributed by atoms with Gasteiger partial charge in [0.2, 0.25) is 0 Å². The highest BCUT2D eigenvalue weighted by molar-refractivity contribution is 9.10. The van der Waals surface area contributed by atoms with Crippen LogP contribution in [0.2, 0.25) is 0 Å². The van der Waals surface area contributed by atoms with Crippen LogP contribution in [0.4, 0.5) is 11.4 Å². The minimum absolute atomic E-state index is 0.0605. The molecule has 0 saturated carbocycles. The third-order valence-corrected chi connectivity index (χ3v) is 4.05. The SMILES string of the molecule is Cc1cc(NC(=O)c2cccc([N+](=O)[O-])c2C)ccc1Br. The number of nitrogens with zero attached hydrogens (tertiary/aromatic N) is 1. The first-order valence-electron chi connectivity index (χ1n) is 6.21. The number of halogens is 1. The molecule has 0 unspecified atom stereocenters. The summed E-state index contributed by atoms with van der Waals surface area (Å²) in [6.45, 7) is 3.48. The van der Waals surface area contributed by atoms with Crippen molar-refractivity contribution in [2.45, 2.75) is 13.8 Å². The van der Waals surface area contributed by atoms with Crippen LogP contribution in [-0.4, -0.2) is 10.8 Å². The number of carbonyl (C=O) groups is 1. The lowest BCUT2D eigenvalue weighted by Crippen LogP contribution is -2.14. The van der Waals surface area contributed by atoms with E-state index in [1.165, 1.54) is 12.1 Å². The zero-order chi connectivity index (χ0) is 15.6. The lowest BCUT2D eigenvalue weighted by molar-refractivity contribution is -0.385. The average Bonchev–Trinajstić information content (AvgIpc) is 2.42. The van der Waals surface area contributed by atoms with Gasteiger partial charge in [-0.2, -0.15) is 0 Å². The molecule has 2 rings (SSSR count). The average molecular weight is 349 g/mol. The third kappa shape index (κ3) is 3.28. The van der Waals surface area contributed by atoms with Crippen LogP contribution >= 0.6 is 15.9 Å². The Bertz CT molecular complexity index is 729. The quantitative estimate of drug-likeness (QED) is 0.666. The molecule has 1 amide bonds. The van der Waals surface area contributed by atoms with Crippen molar-refractivity contribution in [3.05, 3.63) is 67.7 Å². The zero-order valence-electron chi connectivity index (χ0n) is 11.5. The Morgan fingerprint density at radius 1 is 1.24 bits per heavy atom. The maximum absolute atomic E-state index is 12.3. The number of benzene rings is 2. The van der Waals surface area contributed by atoms with Gasteiger partial charge in [0.05, 0.1) is 4.92 Å². The summed E-state index contributed by atoms with van der Waals surface area (Å²) in [6, 6.07) is 9.90. The van der Waals surface area contributed by atoms with E-state index in [-0.39, 0.29) is 11.6 Å². The van der Waals surface area contributed by atoms with Gasteiger partial charge < -0.3 is 5.32 Å². The van der Waals surface area contributed by atoms with E-state index >= 15 is 0 Å². The van der Waals surface area contributed by atoms with Crippen molar-refractivity contribution in [3.8, 4) is 0 Å². The fourth-order valence-electron chi connectivity index (χ4n) is 1.99. The number of hydrogen-bond acceptors (Lipinski definition) is 3. The Balaban J connectivity index is 2.30. The van der Waals surface area contributed by atoms with Crippen LogP contribution in [-0.2, 0) is 0 Å². The molecule has 0 radical (unpaired) electrons. The second-order valence-electron chi connectivity index (χ2n) is 4.62. The molecule has 21 heavy (non-hydrogen) atoms. The van der Waals surface area contributed by atoms with Gasteiger partial charge in [-0.25, -0.2) is 0 Å². The lowest BCUT2D eigenvalue weighted by Gasteiger charge is -2.09. The van der Waals surface area contributed by atoms with Crippen molar-refractivity contribution < 1.29 is 9.72 Å². The molecule has 0 aromatic heterocycles.